The van der Waals surface area contributed by atoms with Gasteiger partial charge in [0.15, 0.2) is 0 Å². The fourth-order valence-electron chi connectivity index (χ4n) is 2.33. The third-order valence-corrected chi connectivity index (χ3v) is 3.47. The van der Waals surface area contributed by atoms with Crippen molar-refractivity contribution in [1.29, 1.82) is 0 Å². The topological polar surface area (TPSA) is 34.1 Å². The van der Waals surface area contributed by atoms with Crippen molar-refractivity contribution in [2.45, 2.75) is 13.8 Å². The first-order chi connectivity index (χ1) is 10.2. The van der Waals surface area contributed by atoms with E-state index in [-0.39, 0.29) is 0 Å². The number of benzene rings is 2. The van der Waals surface area contributed by atoms with Gasteiger partial charge >= 0.3 is 0 Å². The zero-order chi connectivity index (χ0) is 14.8. The number of fused-ring (bicyclic) bond motifs is 1. The molecule has 0 amide bonds. The summed E-state index contributed by atoms with van der Waals surface area (Å²) in [6, 6.07) is 16.3. The number of anilines is 2. The molecule has 2 aromatic carbocycles. The van der Waals surface area contributed by atoms with E-state index in [2.05, 4.69) is 48.4 Å². The van der Waals surface area contributed by atoms with Gasteiger partial charge in [-0.1, -0.05) is 29.3 Å². The van der Waals surface area contributed by atoms with Crippen LogP contribution in [0, 0.1) is 13.8 Å². The molecule has 0 radical (unpaired) electrons. The molecule has 1 N–H and O–H groups in total. The highest BCUT2D eigenvalue weighted by molar-refractivity contribution is 5.88. The minimum atomic E-state index is 0.784. The summed E-state index contributed by atoms with van der Waals surface area (Å²) >= 11 is 0. The Hall–Kier alpha value is -2.55. The molecule has 1 heterocycles. The first-order valence-corrected chi connectivity index (χ1v) is 6.95. The zero-order valence-corrected chi connectivity index (χ0v) is 12.5. The van der Waals surface area contributed by atoms with E-state index >= 15 is 0 Å². The van der Waals surface area contributed by atoms with Crippen molar-refractivity contribution in [3.8, 4) is 5.75 Å². The van der Waals surface area contributed by atoms with Crippen molar-refractivity contribution in [3.05, 3.63) is 59.7 Å². The van der Waals surface area contributed by atoms with Crippen molar-refractivity contribution in [2.75, 3.05) is 12.4 Å². The van der Waals surface area contributed by atoms with E-state index in [0.29, 0.717) is 0 Å². The third kappa shape index (κ3) is 2.82. The molecule has 3 nitrogen and oxygen atoms in total. The molecular weight excluding hydrogens is 260 g/mol. The summed E-state index contributed by atoms with van der Waals surface area (Å²) in [7, 11) is 1.69. The van der Waals surface area contributed by atoms with Crippen LogP contribution in [0.5, 0.6) is 5.75 Å². The number of methoxy groups -OCH3 is 1. The molecule has 3 heteroatoms. The molecular formula is C18H18N2O. The van der Waals surface area contributed by atoms with Gasteiger partial charge in [0, 0.05) is 17.1 Å². The standard InChI is InChI=1S/C18H18N2O/c1-12-4-7-14(8-5-12)19-18-11-17(21-3)15-10-13(2)6-9-16(15)20-18/h4-11H,1-3H3,(H,19,20). The van der Waals surface area contributed by atoms with Gasteiger partial charge in [-0.15, -0.1) is 0 Å². The first-order valence-electron chi connectivity index (χ1n) is 6.95. The summed E-state index contributed by atoms with van der Waals surface area (Å²) in [5, 5.41) is 4.36. The van der Waals surface area contributed by atoms with Gasteiger partial charge < -0.3 is 10.1 Å². The molecule has 3 aromatic rings. The summed E-state index contributed by atoms with van der Waals surface area (Å²) in [6.45, 7) is 4.14. The second-order valence-electron chi connectivity index (χ2n) is 5.22. The molecule has 3 rings (SSSR count). The summed E-state index contributed by atoms with van der Waals surface area (Å²) < 4.78 is 5.50. The SMILES string of the molecule is COc1cc(Nc2ccc(C)cc2)nc2ccc(C)cc12. The fraction of sp³-hybridized carbons (Fsp3) is 0.167. The number of hydrogen-bond donors (Lipinski definition) is 1. The van der Waals surface area contributed by atoms with Gasteiger partial charge in [0.1, 0.15) is 11.6 Å². The van der Waals surface area contributed by atoms with Crippen molar-refractivity contribution in [3.63, 3.8) is 0 Å². The van der Waals surface area contributed by atoms with Gasteiger partial charge in [-0.25, -0.2) is 4.98 Å². The van der Waals surface area contributed by atoms with E-state index in [1.54, 1.807) is 7.11 Å². The van der Waals surface area contributed by atoms with Crippen molar-refractivity contribution >= 4 is 22.4 Å². The number of aromatic nitrogens is 1. The normalized spacial score (nSPS) is 10.6. The smallest absolute Gasteiger partial charge is 0.134 e. The van der Waals surface area contributed by atoms with Gasteiger partial charge in [0.05, 0.1) is 12.6 Å². The Balaban J connectivity index is 2.03. The van der Waals surface area contributed by atoms with Crippen LogP contribution in [-0.4, -0.2) is 12.1 Å². The predicted octanol–water partition coefficient (Wildman–Crippen LogP) is 4.60. The monoisotopic (exact) mass is 278 g/mol. The molecule has 0 fully saturated rings. The number of aryl methyl sites for hydroxylation is 2. The van der Waals surface area contributed by atoms with E-state index in [1.807, 2.05) is 24.3 Å². The van der Waals surface area contributed by atoms with Crippen molar-refractivity contribution in [2.24, 2.45) is 0 Å². The number of hydrogen-bond acceptors (Lipinski definition) is 3. The van der Waals surface area contributed by atoms with Gasteiger partial charge in [-0.3, -0.25) is 0 Å². The summed E-state index contributed by atoms with van der Waals surface area (Å²) in [4.78, 5) is 4.65. The maximum Gasteiger partial charge on any atom is 0.134 e. The molecule has 21 heavy (non-hydrogen) atoms. The number of pyridine rings is 1. The Morgan fingerprint density at radius 3 is 2.33 bits per heavy atom. The maximum absolute atomic E-state index is 5.50. The number of nitrogens with zero attached hydrogens (tertiary/aromatic N) is 1. The van der Waals surface area contributed by atoms with Crippen LogP contribution < -0.4 is 10.1 Å². The molecule has 106 valence electrons. The maximum atomic E-state index is 5.50. The lowest BCUT2D eigenvalue weighted by Crippen LogP contribution is -1.96. The molecule has 0 atom stereocenters. The highest BCUT2D eigenvalue weighted by atomic mass is 16.5. The van der Waals surface area contributed by atoms with Crippen LogP contribution in [0.25, 0.3) is 10.9 Å². The van der Waals surface area contributed by atoms with E-state index < -0.39 is 0 Å². The van der Waals surface area contributed by atoms with Crippen molar-refractivity contribution in [1.82, 2.24) is 4.98 Å². The van der Waals surface area contributed by atoms with Crippen molar-refractivity contribution < 1.29 is 4.74 Å². The second-order valence-corrected chi connectivity index (χ2v) is 5.22. The van der Waals surface area contributed by atoms with E-state index in [9.17, 15) is 0 Å². The van der Waals surface area contributed by atoms with E-state index in [1.165, 1.54) is 11.1 Å². The average molecular weight is 278 g/mol. The highest BCUT2D eigenvalue weighted by Crippen LogP contribution is 2.29. The Morgan fingerprint density at radius 2 is 1.62 bits per heavy atom. The van der Waals surface area contributed by atoms with Crippen LogP contribution in [0.2, 0.25) is 0 Å². The molecule has 0 aliphatic heterocycles. The minimum Gasteiger partial charge on any atom is -0.496 e. The Morgan fingerprint density at radius 1 is 0.905 bits per heavy atom. The van der Waals surface area contributed by atoms with Crippen LogP contribution in [-0.2, 0) is 0 Å². The Labute approximate surface area is 124 Å². The van der Waals surface area contributed by atoms with Gasteiger partial charge in [0.25, 0.3) is 0 Å². The molecule has 0 aliphatic carbocycles. The predicted molar refractivity (Wildman–Crippen MR) is 87.5 cm³/mol. The highest BCUT2D eigenvalue weighted by Gasteiger charge is 2.07. The second kappa shape index (κ2) is 5.44. The zero-order valence-electron chi connectivity index (χ0n) is 12.5. The summed E-state index contributed by atoms with van der Waals surface area (Å²) in [5.74, 6) is 1.62. The van der Waals surface area contributed by atoms with Gasteiger partial charge in [-0.2, -0.15) is 0 Å². The molecule has 0 saturated carbocycles. The summed E-state index contributed by atoms with van der Waals surface area (Å²) in [5.41, 5.74) is 4.37. The number of nitrogens with one attached hydrogen (secondary N) is 1. The summed E-state index contributed by atoms with van der Waals surface area (Å²) in [6.07, 6.45) is 0. The van der Waals surface area contributed by atoms with Crippen LogP contribution in [0.4, 0.5) is 11.5 Å². The van der Waals surface area contributed by atoms with Gasteiger partial charge in [-0.05, 0) is 38.1 Å². The molecule has 1 aromatic heterocycles. The number of rotatable bonds is 3. The molecule has 0 bridgehead atoms. The third-order valence-electron chi connectivity index (χ3n) is 3.47. The van der Waals surface area contributed by atoms with Gasteiger partial charge in [0.2, 0.25) is 0 Å². The molecule has 0 unspecified atom stereocenters. The quantitative estimate of drug-likeness (QED) is 0.760. The molecule has 0 spiro atoms. The number of ether oxygens (including phenoxy) is 1. The van der Waals surface area contributed by atoms with E-state index in [4.69, 9.17) is 4.74 Å². The van der Waals surface area contributed by atoms with Crippen LogP contribution in [0.1, 0.15) is 11.1 Å². The van der Waals surface area contributed by atoms with Crippen LogP contribution >= 0.6 is 0 Å². The largest absolute Gasteiger partial charge is 0.496 e. The Bertz CT molecular complexity index is 779. The first kappa shape index (κ1) is 13.4. The molecule has 0 aliphatic rings. The molecule has 0 saturated heterocycles. The average Bonchev–Trinajstić information content (AvgIpc) is 2.49. The minimum absolute atomic E-state index is 0.784. The lowest BCUT2D eigenvalue weighted by Gasteiger charge is -2.11. The fourth-order valence-corrected chi connectivity index (χ4v) is 2.33. The van der Waals surface area contributed by atoms with Crippen LogP contribution in [0.15, 0.2) is 48.5 Å². The van der Waals surface area contributed by atoms with Crippen LogP contribution in [0.3, 0.4) is 0 Å². The lowest BCUT2D eigenvalue weighted by molar-refractivity contribution is 0.419. The van der Waals surface area contributed by atoms with E-state index in [0.717, 1.165) is 28.2 Å². The lowest BCUT2D eigenvalue weighted by atomic mass is 10.1. The Kier molecular flexibility index (Phi) is 3.48.